The van der Waals surface area contributed by atoms with E-state index in [0.29, 0.717) is 0 Å². The Morgan fingerprint density at radius 1 is 1.33 bits per heavy atom. The summed E-state index contributed by atoms with van der Waals surface area (Å²) in [6, 6.07) is 0. The number of hydrogen-bond acceptors (Lipinski definition) is 3. The molecule has 0 aliphatic heterocycles. The van der Waals surface area contributed by atoms with Gasteiger partial charge < -0.3 is 20.8 Å². The summed E-state index contributed by atoms with van der Waals surface area (Å²) in [4.78, 5) is 8.25. The summed E-state index contributed by atoms with van der Waals surface area (Å²) >= 11 is 0. The Labute approximate surface area is 63.4 Å². The van der Waals surface area contributed by atoms with Gasteiger partial charge in [0.2, 0.25) is 0 Å². The van der Waals surface area contributed by atoms with Gasteiger partial charge in [-0.3, -0.25) is 0 Å². The summed E-state index contributed by atoms with van der Waals surface area (Å²) in [5.74, 6) is 0. The Balaban J connectivity index is -0.0000000450. The van der Waals surface area contributed by atoms with Gasteiger partial charge in [-0.05, 0) is 0 Å². The summed E-state index contributed by atoms with van der Waals surface area (Å²) in [5, 5.41) is 14.8. The third-order valence-corrected chi connectivity index (χ3v) is 0. The quantitative estimate of drug-likeness (QED) is 0.222. The molecule has 0 atom stereocenters. The van der Waals surface area contributed by atoms with Crippen LogP contribution in [-0.4, -0.2) is 48.3 Å². The summed E-state index contributed by atoms with van der Waals surface area (Å²) in [6.07, 6.45) is 0. The fourth-order valence-electron chi connectivity index (χ4n) is 0. The Kier molecular flexibility index (Phi) is 24.3. The molecule has 0 rings (SSSR count). The van der Waals surface area contributed by atoms with E-state index >= 15 is 0 Å². The van der Waals surface area contributed by atoms with E-state index in [9.17, 15) is 0 Å². The van der Waals surface area contributed by atoms with E-state index in [0.717, 1.165) is 0 Å². The predicted molar refractivity (Wildman–Crippen MR) is 19.7 cm³/mol. The summed E-state index contributed by atoms with van der Waals surface area (Å²) in [7, 11) is 0. The molecule has 0 radical (unpaired) electrons. The summed E-state index contributed by atoms with van der Waals surface area (Å²) < 4.78 is 0. The molecule has 0 aromatic heterocycles. The van der Waals surface area contributed by atoms with E-state index in [-0.39, 0.29) is 43.2 Å². The zero-order valence-corrected chi connectivity index (χ0v) is 5.09. The minimum Gasteiger partial charge on any atom is -0.412 e. The molecule has 0 amide bonds. The van der Waals surface area contributed by atoms with E-state index in [2.05, 4.69) is 0 Å². The van der Waals surface area contributed by atoms with Crippen molar-refractivity contribution in [3.8, 4) is 0 Å². The van der Waals surface area contributed by atoms with Gasteiger partial charge in [-0.1, -0.05) is 0 Å². The molecule has 0 heterocycles. The molecule has 5 nitrogen and oxygen atoms in total. The molecule has 0 aliphatic rings. The van der Waals surface area contributed by atoms with Crippen molar-refractivity contribution < 1.29 is 10.6 Å². The van der Waals surface area contributed by atoms with Crippen molar-refractivity contribution in [3.63, 3.8) is 0 Å². The molecule has 0 unspecified atom stereocenters. The molecule has 0 aromatic rings. The van der Waals surface area contributed by atoms with E-state index in [1.54, 1.807) is 0 Å². The van der Waals surface area contributed by atoms with Gasteiger partial charge in [-0.15, -0.1) is 0 Å². The number of nitrogens with zero attached hydrogens (tertiary/aromatic N) is 1. The standard InChI is InChI=1S/Ca.NO3.H2O/c;2-1(3)4;/h;;1H2/q+2;-1;. The molecular formula is H2CaNO4+. The Bertz CT molecular complexity index is 30.5. The zero-order valence-electron chi connectivity index (χ0n) is 2.88. The van der Waals surface area contributed by atoms with E-state index in [4.69, 9.17) is 15.3 Å². The molecule has 0 bridgehead atoms. The second-order valence-corrected chi connectivity index (χ2v) is 0.224. The van der Waals surface area contributed by atoms with Gasteiger partial charge in [0, 0.05) is 0 Å². The third-order valence-electron chi connectivity index (χ3n) is 0. The minimum atomic E-state index is -1.75. The van der Waals surface area contributed by atoms with Crippen LogP contribution in [-0.2, 0) is 0 Å². The van der Waals surface area contributed by atoms with Crippen LogP contribution in [0.5, 0.6) is 0 Å². The maximum atomic E-state index is 8.25. The van der Waals surface area contributed by atoms with Gasteiger partial charge in [0.25, 0.3) is 0 Å². The van der Waals surface area contributed by atoms with E-state index < -0.39 is 5.09 Å². The van der Waals surface area contributed by atoms with E-state index in [1.165, 1.54) is 0 Å². The summed E-state index contributed by atoms with van der Waals surface area (Å²) in [5.41, 5.74) is 0. The second kappa shape index (κ2) is 9.05. The van der Waals surface area contributed by atoms with Crippen molar-refractivity contribution in [2.75, 3.05) is 0 Å². The first-order valence-electron chi connectivity index (χ1n) is 0.548. The maximum absolute atomic E-state index is 8.25. The molecule has 0 saturated carbocycles. The molecule has 0 spiro atoms. The first-order chi connectivity index (χ1) is 1.73. The van der Waals surface area contributed by atoms with Crippen LogP contribution in [0.15, 0.2) is 0 Å². The molecule has 6 heteroatoms. The maximum Gasteiger partial charge on any atom is 2.00 e. The normalized spacial score (nSPS) is 4.00. The number of hydrogen-bond donors (Lipinski definition) is 0. The fraction of sp³-hybridized carbons (Fsp3) is 0. The van der Waals surface area contributed by atoms with Crippen molar-refractivity contribution in [2.24, 2.45) is 0 Å². The van der Waals surface area contributed by atoms with Crippen LogP contribution >= 0.6 is 0 Å². The summed E-state index contributed by atoms with van der Waals surface area (Å²) in [6.45, 7) is 0. The SMILES string of the molecule is O.O=[N+]([O-])[O-].[Ca+2]. The minimum absolute atomic E-state index is 0. The Morgan fingerprint density at radius 3 is 1.33 bits per heavy atom. The molecule has 0 aliphatic carbocycles. The van der Waals surface area contributed by atoms with Gasteiger partial charge >= 0.3 is 37.7 Å². The van der Waals surface area contributed by atoms with Crippen LogP contribution in [0.25, 0.3) is 0 Å². The predicted octanol–water partition coefficient (Wildman–Crippen LogP) is -1.44. The molecule has 0 saturated heterocycles. The smallest absolute Gasteiger partial charge is 0.412 e. The second-order valence-electron chi connectivity index (χ2n) is 0.224. The zero-order chi connectivity index (χ0) is 3.58. The number of rotatable bonds is 0. The van der Waals surface area contributed by atoms with Crippen LogP contribution in [0.2, 0.25) is 0 Å². The van der Waals surface area contributed by atoms with Crippen LogP contribution in [0.4, 0.5) is 0 Å². The first-order valence-corrected chi connectivity index (χ1v) is 0.548. The average Bonchev–Trinajstić information content (AvgIpc) is 0.811. The van der Waals surface area contributed by atoms with Crippen molar-refractivity contribution in [1.29, 1.82) is 0 Å². The largest absolute Gasteiger partial charge is 2.00 e. The van der Waals surface area contributed by atoms with Gasteiger partial charge in [0.15, 0.2) is 0 Å². The van der Waals surface area contributed by atoms with Crippen LogP contribution in [0.3, 0.4) is 0 Å². The van der Waals surface area contributed by atoms with Gasteiger partial charge in [0.1, 0.15) is 0 Å². The van der Waals surface area contributed by atoms with Crippen LogP contribution in [0.1, 0.15) is 0 Å². The van der Waals surface area contributed by atoms with Crippen molar-refractivity contribution in [1.82, 2.24) is 0 Å². The van der Waals surface area contributed by atoms with Crippen LogP contribution in [0, 0.1) is 15.3 Å². The molecule has 0 aromatic carbocycles. The monoisotopic (exact) mass is 120 g/mol. The van der Waals surface area contributed by atoms with Crippen molar-refractivity contribution in [3.05, 3.63) is 15.3 Å². The van der Waals surface area contributed by atoms with E-state index in [1.807, 2.05) is 0 Å². The molecular weight excluding hydrogens is 118 g/mol. The van der Waals surface area contributed by atoms with Crippen molar-refractivity contribution in [2.45, 2.75) is 0 Å². The molecule has 6 heavy (non-hydrogen) atoms. The molecule has 0 fully saturated rings. The Hall–Kier alpha value is 0.420. The van der Waals surface area contributed by atoms with Crippen LogP contribution < -0.4 is 0 Å². The van der Waals surface area contributed by atoms with Crippen molar-refractivity contribution >= 4 is 37.7 Å². The van der Waals surface area contributed by atoms with Gasteiger partial charge in [0.05, 0.1) is 5.09 Å². The third kappa shape index (κ3) is 293. The van der Waals surface area contributed by atoms with Gasteiger partial charge in [-0.2, -0.15) is 0 Å². The Morgan fingerprint density at radius 2 is 1.33 bits per heavy atom. The molecule has 32 valence electrons. The topological polar surface area (TPSA) is 97.7 Å². The fourth-order valence-corrected chi connectivity index (χ4v) is 0. The first kappa shape index (κ1) is 16.1. The molecule has 2 N–H and O–H groups in total. The van der Waals surface area contributed by atoms with Gasteiger partial charge in [-0.25, -0.2) is 0 Å². The average molecular weight is 120 g/mol.